The zero-order valence-corrected chi connectivity index (χ0v) is 16.3. The van der Waals surface area contributed by atoms with Crippen LogP contribution in [0.1, 0.15) is 31.9 Å². The average Bonchev–Trinajstić information content (AvgIpc) is 3.31. The lowest BCUT2D eigenvalue weighted by Crippen LogP contribution is -2.30. The molecule has 0 fully saturated rings. The molecule has 1 aromatic carbocycles. The second kappa shape index (κ2) is 9.00. The van der Waals surface area contributed by atoms with Gasteiger partial charge in [0.25, 0.3) is 11.1 Å². The third-order valence-electron chi connectivity index (χ3n) is 3.71. The first-order valence-electron chi connectivity index (χ1n) is 8.46. The number of thiophene rings is 1. The summed E-state index contributed by atoms with van der Waals surface area (Å²) in [6.45, 7) is 4.31. The average molecular weight is 388 g/mol. The van der Waals surface area contributed by atoms with E-state index in [1.807, 2.05) is 47.8 Å². The second-order valence-corrected chi connectivity index (χ2v) is 8.17. The minimum absolute atomic E-state index is 0.00802. The minimum Gasteiger partial charge on any atom is -0.410 e. The lowest BCUT2D eigenvalue weighted by atomic mass is 9.97. The predicted molar refractivity (Wildman–Crippen MR) is 105 cm³/mol. The van der Waals surface area contributed by atoms with Crippen molar-refractivity contribution in [2.45, 2.75) is 31.5 Å². The van der Waals surface area contributed by atoms with Crippen molar-refractivity contribution in [1.29, 1.82) is 0 Å². The van der Waals surface area contributed by atoms with Gasteiger partial charge in [-0.05, 0) is 29.3 Å². The van der Waals surface area contributed by atoms with Gasteiger partial charge in [0.2, 0.25) is 5.91 Å². The van der Waals surface area contributed by atoms with Crippen LogP contribution in [0.5, 0.6) is 0 Å². The highest BCUT2D eigenvalue weighted by atomic mass is 32.2. The summed E-state index contributed by atoms with van der Waals surface area (Å²) in [6, 6.07) is 13.9. The van der Waals surface area contributed by atoms with E-state index < -0.39 is 0 Å². The molecule has 0 unspecified atom stereocenters. The summed E-state index contributed by atoms with van der Waals surface area (Å²) in [7, 11) is 0. The highest BCUT2D eigenvalue weighted by Crippen LogP contribution is 2.27. The number of hydrogen-bond acceptors (Lipinski definition) is 6. The maximum absolute atomic E-state index is 12.4. The summed E-state index contributed by atoms with van der Waals surface area (Å²) in [4.78, 5) is 13.3. The van der Waals surface area contributed by atoms with E-state index in [4.69, 9.17) is 4.42 Å². The molecule has 1 amide bonds. The molecule has 26 heavy (non-hydrogen) atoms. The van der Waals surface area contributed by atoms with E-state index in [1.165, 1.54) is 11.8 Å². The predicted octanol–water partition coefficient (Wildman–Crippen LogP) is 4.79. The van der Waals surface area contributed by atoms with Gasteiger partial charge in [-0.1, -0.05) is 62.0 Å². The highest BCUT2D eigenvalue weighted by molar-refractivity contribution is 7.99. The minimum atomic E-state index is -0.0413. The molecular formula is C19H21N3O2S2. The molecule has 0 aliphatic heterocycles. The Bertz CT molecular complexity index is 816. The normalized spacial score (nSPS) is 12.3. The molecular weight excluding hydrogens is 366 g/mol. The molecule has 0 radical (unpaired) electrons. The van der Waals surface area contributed by atoms with E-state index in [2.05, 4.69) is 29.4 Å². The summed E-state index contributed by atoms with van der Waals surface area (Å²) in [5.74, 6) is 1.18. The van der Waals surface area contributed by atoms with Gasteiger partial charge in [-0.2, -0.15) is 0 Å². The van der Waals surface area contributed by atoms with Crippen LogP contribution >= 0.6 is 23.1 Å². The maximum atomic E-state index is 12.4. The first kappa shape index (κ1) is 18.7. The van der Waals surface area contributed by atoms with Gasteiger partial charge in [-0.15, -0.1) is 21.5 Å². The molecule has 136 valence electrons. The van der Waals surface area contributed by atoms with Crippen molar-refractivity contribution >= 4 is 29.0 Å². The molecule has 7 heteroatoms. The van der Waals surface area contributed by atoms with Gasteiger partial charge in [-0.3, -0.25) is 4.79 Å². The molecule has 0 saturated heterocycles. The van der Waals surface area contributed by atoms with Crippen molar-refractivity contribution in [2.75, 3.05) is 5.75 Å². The molecule has 5 nitrogen and oxygen atoms in total. The number of nitrogens with zero attached hydrogens (tertiary/aromatic N) is 2. The van der Waals surface area contributed by atoms with Crippen LogP contribution in [0.25, 0.3) is 10.8 Å². The fourth-order valence-corrected chi connectivity index (χ4v) is 3.78. The fraction of sp³-hybridized carbons (Fsp3) is 0.316. The number of benzene rings is 1. The number of nitrogens with one attached hydrogen (secondary N) is 1. The number of amides is 1. The van der Waals surface area contributed by atoms with Crippen LogP contribution in [0.15, 0.2) is 57.5 Å². The fourth-order valence-electron chi connectivity index (χ4n) is 2.57. The van der Waals surface area contributed by atoms with Crippen molar-refractivity contribution < 1.29 is 9.21 Å². The van der Waals surface area contributed by atoms with Crippen molar-refractivity contribution in [1.82, 2.24) is 15.5 Å². The van der Waals surface area contributed by atoms with Gasteiger partial charge >= 0.3 is 0 Å². The summed E-state index contributed by atoms with van der Waals surface area (Å²) in [6.07, 6.45) is 0.892. The lowest BCUT2D eigenvalue weighted by Gasteiger charge is -2.21. The number of carbonyl (C=O) groups is 1. The van der Waals surface area contributed by atoms with Crippen LogP contribution in [-0.2, 0) is 4.79 Å². The number of carbonyl (C=O) groups excluding carboxylic acids is 1. The van der Waals surface area contributed by atoms with Crippen molar-refractivity contribution in [3.05, 3.63) is 53.4 Å². The molecule has 3 aromatic rings. The van der Waals surface area contributed by atoms with Gasteiger partial charge in [0.1, 0.15) is 0 Å². The maximum Gasteiger partial charge on any atom is 0.277 e. The number of hydrogen-bond donors (Lipinski definition) is 1. The topological polar surface area (TPSA) is 68.0 Å². The zero-order valence-electron chi connectivity index (χ0n) is 14.7. The first-order chi connectivity index (χ1) is 12.6. The Morgan fingerprint density at radius 1 is 1.19 bits per heavy atom. The summed E-state index contributed by atoms with van der Waals surface area (Å²) >= 11 is 2.80. The van der Waals surface area contributed by atoms with Crippen molar-refractivity contribution in [2.24, 2.45) is 5.92 Å². The molecule has 2 aromatic heterocycles. The Morgan fingerprint density at radius 2 is 2.00 bits per heavy atom. The monoisotopic (exact) mass is 387 g/mol. The molecule has 0 aliphatic rings. The van der Waals surface area contributed by atoms with Crippen molar-refractivity contribution in [3.8, 4) is 10.8 Å². The summed E-state index contributed by atoms with van der Waals surface area (Å²) < 4.78 is 5.60. The lowest BCUT2D eigenvalue weighted by molar-refractivity contribution is -0.119. The van der Waals surface area contributed by atoms with E-state index in [0.717, 1.165) is 16.9 Å². The van der Waals surface area contributed by atoms with Crippen LogP contribution < -0.4 is 5.32 Å². The Labute approximate surface area is 161 Å². The summed E-state index contributed by atoms with van der Waals surface area (Å²) in [5, 5.41) is 13.5. The Morgan fingerprint density at radius 3 is 2.69 bits per heavy atom. The standard InChI is InChI=1S/C19H21N3O2S2/c1-13(2)11-15(14-7-4-3-5-8-14)20-17(23)12-26-19-22-21-18(24-19)16-9-6-10-25-16/h3-10,13,15H,11-12H2,1-2H3,(H,20,23)/t15-/m1/s1. The number of rotatable bonds is 8. The van der Waals surface area contributed by atoms with Crippen LogP contribution in [0, 0.1) is 5.92 Å². The van der Waals surface area contributed by atoms with E-state index in [9.17, 15) is 4.79 Å². The van der Waals surface area contributed by atoms with Crippen LogP contribution in [0.2, 0.25) is 0 Å². The van der Waals surface area contributed by atoms with Gasteiger partial charge in [0.05, 0.1) is 16.7 Å². The first-order valence-corrected chi connectivity index (χ1v) is 10.3. The summed E-state index contributed by atoms with van der Waals surface area (Å²) in [5.41, 5.74) is 1.12. The van der Waals surface area contributed by atoms with E-state index >= 15 is 0 Å². The van der Waals surface area contributed by atoms with Gasteiger partial charge in [-0.25, -0.2) is 0 Å². The van der Waals surface area contributed by atoms with Crippen LogP contribution in [0.3, 0.4) is 0 Å². The van der Waals surface area contributed by atoms with E-state index in [1.54, 1.807) is 11.3 Å². The third-order valence-corrected chi connectivity index (χ3v) is 5.39. The molecule has 0 aliphatic carbocycles. The molecule has 0 spiro atoms. The zero-order chi connectivity index (χ0) is 18.4. The molecule has 0 saturated carbocycles. The largest absolute Gasteiger partial charge is 0.410 e. The smallest absolute Gasteiger partial charge is 0.277 e. The Hall–Kier alpha value is -2.12. The molecule has 2 heterocycles. The van der Waals surface area contributed by atoms with E-state index in [0.29, 0.717) is 17.0 Å². The van der Waals surface area contributed by atoms with Gasteiger partial charge < -0.3 is 9.73 Å². The van der Waals surface area contributed by atoms with Gasteiger partial charge in [0.15, 0.2) is 0 Å². The van der Waals surface area contributed by atoms with Gasteiger partial charge in [0, 0.05) is 0 Å². The van der Waals surface area contributed by atoms with Crippen molar-refractivity contribution in [3.63, 3.8) is 0 Å². The van der Waals surface area contributed by atoms with Crippen LogP contribution in [0.4, 0.5) is 0 Å². The quantitative estimate of drug-likeness (QED) is 0.563. The molecule has 3 rings (SSSR count). The Balaban J connectivity index is 1.57. The Kier molecular flexibility index (Phi) is 6.46. The molecule has 1 atom stereocenters. The SMILES string of the molecule is CC(C)C[C@@H](NC(=O)CSc1nnc(-c2cccs2)o1)c1ccccc1. The number of aromatic nitrogens is 2. The highest BCUT2D eigenvalue weighted by Gasteiger charge is 2.17. The second-order valence-electron chi connectivity index (χ2n) is 6.30. The molecule has 0 bridgehead atoms. The van der Waals surface area contributed by atoms with Crippen LogP contribution in [-0.4, -0.2) is 21.9 Å². The molecule has 1 N–H and O–H groups in total. The third kappa shape index (κ3) is 5.19. The van der Waals surface area contributed by atoms with E-state index in [-0.39, 0.29) is 17.7 Å². The number of thioether (sulfide) groups is 1.